The first kappa shape index (κ1) is 19.6. The Hall–Kier alpha value is -3.69. The highest BCUT2D eigenvalue weighted by Crippen LogP contribution is 2.32. The summed E-state index contributed by atoms with van der Waals surface area (Å²) < 4.78 is 26.7. The standard InChI is InChI=1S/C20H17F2N5O3/c1-2-11-3-5-12(6-4-11)23-16(28)10-26-18-17(24-25-26)19(29)27(20(18)30)13-7-8-14(21)15(22)9-13/h3-9,17-18H,2,10H2,1H3,(H,23,28)/t17-,18+/m0/s1. The zero-order chi connectivity index (χ0) is 21.4. The van der Waals surface area contributed by atoms with E-state index in [-0.39, 0.29) is 12.2 Å². The molecule has 3 amide bonds. The van der Waals surface area contributed by atoms with Gasteiger partial charge in [-0.25, -0.2) is 13.7 Å². The summed E-state index contributed by atoms with van der Waals surface area (Å²) in [6.07, 6.45) is 0.871. The highest BCUT2D eigenvalue weighted by molar-refractivity contribution is 6.25. The molecule has 0 spiro atoms. The number of rotatable bonds is 5. The third-order valence-corrected chi connectivity index (χ3v) is 4.97. The van der Waals surface area contributed by atoms with Gasteiger partial charge in [-0.3, -0.25) is 19.4 Å². The van der Waals surface area contributed by atoms with Gasteiger partial charge in [0.05, 0.1) is 5.69 Å². The van der Waals surface area contributed by atoms with E-state index in [2.05, 4.69) is 15.7 Å². The van der Waals surface area contributed by atoms with Gasteiger partial charge in [0.2, 0.25) is 5.91 Å². The number of benzene rings is 2. The normalized spacial score (nSPS) is 20.1. The Morgan fingerprint density at radius 3 is 2.47 bits per heavy atom. The van der Waals surface area contributed by atoms with Gasteiger partial charge in [0, 0.05) is 11.8 Å². The van der Waals surface area contributed by atoms with Crippen LogP contribution in [0.5, 0.6) is 0 Å². The summed E-state index contributed by atoms with van der Waals surface area (Å²) in [6.45, 7) is 1.72. The van der Waals surface area contributed by atoms with Crippen molar-refractivity contribution in [1.29, 1.82) is 0 Å². The summed E-state index contributed by atoms with van der Waals surface area (Å²) in [5.74, 6) is -4.13. The van der Waals surface area contributed by atoms with Crippen LogP contribution >= 0.6 is 0 Å². The highest BCUT2D eigenvalue weighted by Gasteiger charge is 2.55. The first-order valence-corrected chi connectivity index (χ1v) is 9.28. The molecule has 1 N–H and O–H groups in total. The number of halogens is 2. The maximum atomic E-state index is 13.6. The topological polar surface area (TPSA) is 94.4 Å². The molecule has 2 aliphatic rings. The lowest BCUT2D eigenvalue weighted by molar-refractivity contribution is -0.123. The van der Waals surface area contributed by atoms with Crippen LogP contribution in [0, 0.1) is 11.6 Å². The predicted molar refractivity (Wildman–Crippen MR) is 102 cm³/mol. The van der Waals surface area contributed by atoms with E-state index < -0.39 is 41.4 Å². The van der Waals surface area contributed by atoms with Crippen molar-refractivity contribution in [1.82, 2.24) is 5.01 Å². The SMILES string of the molecule is CCc1ccc(NC(=O)CN2N=N[C@@H]3C(=O)N(c4ccc(F)c(F)c4)C(=O)[C@@H]32)cc1. The molecule has 0 aromatic heterocycles. The number of amides is 3. The summed E-state index contributed by atoms with van der Waals surface area (Å²) in [4.78, 5) is 38.5. The van der Waals surface area contributed by atoms with Crippen molar-refractivity contribution in [3.05, 3.63) is 59.7 Å². The molecule has 2 aromatic rings. The summed E-state index contributed by atoms with van der Waals surface area (Å²) in [7, 11) is 0. The number of nitrogens with one attached hydrogen (secondary N) is 1. The number of fused-ring (bicyclic) bond motifs is 1. The van der Waals surface area contributed by atoms with E-state index in [1.807, 2.05) is 19.1 Å². The fourth-order valence-corrected chi connectivity index (χ4v) is 3.40. The van der Waals surface area contributed by atoms with Crippen molar-refractivity contribution in [3.63, 3.8) is 0 Å². The average Bonchev–Trinajstić information content (AvgIpc) is 3.24. The highest BCUT2D eigenvalue weighted by atomic mass is 19.2. The molecule has 2 atom stereocenters. The molecule has 2 aliphatic heterocycles. The third kappa shape index (κ3) is 3.40. The number of anilines is 2. The lowest BCUT2D eigenvalue weighted by atomic mass is 10.1. The smallest absolute Gasteiger partial charge is 0.263 e. The van der Waals surface area contributed by atoms with Crippen molar-refractivity contribution in [2.24, 2.45) is 10.3 Å². The van der Waals surface area contributed by atoms with Crippen molar-refractivity contribution in [2.45, 2.75) is 25.4 Å². The van der Waals surface area contributed by atoms with Crippen molar-refractivity contribution < 1.29 is 23.2 Å². The lowest BCUT2D eigenvalue weighted by Gasteiger charge is -2.20. The Kier molecular flexibility index (Phi) is 4.98. The largest absolute Gasteiger partial charge is 0.324 e. The molecule has 2 aromatic carbocycles. The molecule has 4 rings (SSSR count). The van der Waals surface area contributed by atoms with E-state index in [4.69, 9.17) is 0 Å². The molecule has 10 heteroatoms. The Morgan fingerprint density at radius 2 is 1.80 bits per heavy atom. The van der Waals surface area contributed by atoms with Gasteiger partial charge < -0.3 is 5.32 Å². The molecule has 0 saturated carbocycles. The van der Waals surface area contributed by atoms with Gasteiger partial charge in [0.25, 0.3) is 11.8 Å². The second kappa shape index (κ2) is 7.62. The first-order chi connectivity index (χ1) is 14.4. The van der Waals surface area contributed by atoms with Gasteiger partial charge in [-0.15, -0.1) is 0 Å². The molecule has 0 radical (unpaired) electrons. The lowest BCUT2D eigenvalue weighted by Crippen LogP contribution is -2.43. The van der Waals surface area contributed by atoms with E-state index in [0.717, 1.165) is 40.1 Å². The number of hydrogen-bond acceptors (Lipinski definition) is 6. The van der Waals surface area contributed by atoms with Crippen LogP contribution < -0.4 is 10.2 Å². The van der Waals surface area contributed by atoms with Crippen molar-refractivity contribution in [3.8, 4) is 0 Å². The minimum atomic E-state index is -1.18. The monoisotopic (exact) mass is 413 g/mol. The van der Waals surface area contributed by atoms with Crippen molar-refractivity contribution in [2.75, 3.05) is 16.8 Å². The number of hydrogen-bond donors (Lipinski definition) is 1. The summed E-state index contributed by atoms with van der Waals surface area (Å²) in [5, 5.41) is 11.4. The fraction of sp³-hybridized carbons (Fsp3) is 0.250. The first-order valence-electron chi connectivity index (χ1n) is 9.28. The average molecular weight is 413 g/mol. The summed E-state index contributed by atoms with van der Waals surface area (Å²) >= 11 is 0. The Bertz CT molecular complexity index is 1060. The van der Waals surface area contributed by atoms with E-state index in [9.17, 15) is 23.2 Å². The van der Waals surface area contributed by atoms with Gasteiger partial charge in [0.15, 0.2) is 23.7 Å². The number of imide groups is 1. The van der Waals surface area contributed by atoms with Crippen LogP contribution in [0.3, 0.4) is 0 Å². The van der Waals surface area contributed by atoms with Crippen LogP contribution in [0.1, 0.15) is 12.5 Å². The third-order valence-electron chi connectivity index (χ3n) is 4.97. The zero-order valence-corrected chi connectivity index (χ0v) is 15.9. The molecule has 0 bridgehead atoms. The molecule has 0 unspecified atom stereocenters. The molecule has 1 fully saturated rings. The van der Waals surface area contributed by atoms with E-state index >= 15 is 0 Å². The molecular formula is C20H17F2N5O3. The quantitative estimate of drug-likeness (QED) is 0.762. The minimum absolute atomic E-state index is 0.103. The zero-order valence-electron chi connectivity index (χ0n) is 15.9. The molecule has 30 heavy (non-hydrogen) atoms. The van der Waals surface area contributed by atoms with E-state index in [1.54, 1.807) is 12.1 Å². The minimum Gasteiger partial charge on any atom is -0.324 e. The van der Waals surface area contributed by atoms with Gasteiger partial charge >= 0.3 is 0 Å². The van der Waals surface area contributed by atoms with Gasteiger partial charge in [-0.2, -0.15) is 5.11 Å². The van der Waals surface area contributed by atoms with Crippen LogP contribution in [0.2, 0.25) is 0 Å². The van der Waals surface area contributed by atoms with Gasteiger partial charge in [-0.05, 0) is 36.2 Å². The van der Waals surface area contributed by atoms with Crippen LogP contribution in [-0.2, 0) is 20.8 Å². The van der Waals surface area contributed by atoms with E-state index in [0.29, 0.717) is 5.69 Å². The number of aryl methyl sites for hydroxylation is 1. The molecule has 8 nitrogen and oxygen atoms in total. The molecule has 154 valence electrons. The van der Waals surface area contributed by atoms with Gasteiger partial charge in [0.1, 0.15) is 6.54 Å². The molecular weight excluding hydrogens is 396 g/mol. The molecule has 2 heterocycles. The number of nitrogens with zero attached hydrogens (tertiary/aromatic N) is 4. The van der Waals surface area contributed by atoms with Crippen molar-refractivity contribution >= 4 is 29.1 Å². The summed E-state index contributed by atoms with van der Waals surface area (Å²) in [6, 6.07) is 7.78. The summed E-state index contributed by atoms with van der Waals surface area (Å²) in [5.41, 5.74) is 1.60. The second-order valence-corrected chi connectivity index (χ2v) is 6.90. The van der Waals surface area contributed by atoms with Gasteiger partial charge in [-0.1, -0.05) is 24.3 Å². The van der Waals surface area contributed by atoms with Crippen LogP contribution in [0.15, 0.2) is 52.8 Å². The van der Waals surface area contributed by atoms with Crippen LogP contribution in [0.4, 0.5) is 20.2 Å². The Morgan fingerprint density at radius 1 is 1.07 bits per heavy atom. The maximum absolute atomic E-state index is 13.6. The van der Waals surface area contributed by atoms with Crippen LogP contribution in [0.25, 0.3) is 0 Å². The second-order valence-electron chi connectivity index (χ2n) is 6.90. The maximum Gasteiger partial charge on any atom is 0.263 e. The molecule has 0 aliphatic carbocycles. The Balaban J connectivity index is 1.47. The number of carbonyl (C=O) groups excluding carboxylic acids is 3. The van der Waals surface area contributed by atoms with E-state index in [1.165, 1.54) is 0 Å². The van der Waals surface area contributed by atoms with Crippen LogP contribution in [-0.4, -0.2) is 41.4 Å². The molecule has 1 saturated heterocycles. The predicted octanol–water partition coefficient (Wildman–Crippen LogP) is 2.46. The fourth-order valence-electron chi connectivity index (χ4n) is 3.40. The Labute approximate surface area is 170 Å². The number of carbonyl (C=O) groups is 3.